The van der Waals surface area contributed by atoms with Gasteiger partial charge in [-0.3, -0.25) is 0 Å². The fourth-order valence-electron chi connectivity index (χ4n) is 2.99. The van der Waals surface area contributed by atoms with Crippen LogP contribution in [0.3, 0.4) is 0 Å². The number of nitrogens with one attached hydrogen (secondary N) is 2. The molecule has 0 aliphatic carbocycles. The van der Waals surface area contributed by atoms with Gasteiger partial charge >= 0.3 is 6.03 Å². The molecule has 3 rings (SSSR count). The van der Waals surface area contributed by atoms with E-state index in [9.17, 15) is 9.18 Å². The van der Waals surface area contributed by atoms with Crippen LogP contribution in [0.25, 0.3) is 0 Å². The molecular formula is C22H20BrFN2O. The van der Waals surface area contributed by atoms with Crippen LogP contribution in [0.5, 0.6) is 0 Å². The van der Waals surface area contributed by atoms with Gasteiger partial charge in [0.25, 0.3) is 0 Å². The SMILES string of the molecule is Cc1c(Br)ccc(NC(=O)NC(C)(c2ccccc2)c2ccccc2)c1F. The summed E-state index contributed by atoms with van der Waals surface area (Å²) in [5, 5.41) is 5.63. The van der Waals surface area contributed by atoms with E-state index in [0.717, 1.165) is 11.1 Å². The van der Waals surface area contributed by atoms with Crippen LogP contribution >= 0.6 is 15.9 Å². The van der Waals surface area contributed by atoms with E-state index >= 15 is 0 Å². The maximum absolute atomic E-state index is 14.4. The second kappa shape index (κ2) is 7.92. The summed E-state index contributed by atoms with van der Waals surface area (Å²) in [7, 11) is 0. The molecule has 0 spiro atoms. The van der Waals surface area contributed by atoms with Crippen molar-refractivity contribution in [2.75, 3.05) is 5.32 Å². The van der Waals surface area contributed by atoms with Gasteiger partial charge in [0.2, 0.25) is 0 Å². The Labute approximate surface area is 166 Å². The maximum Gasteiger partial charge on any atom is 0.320 e. The largest absolute Gasteiger partial charge is 0.325 e. The van der Waals surface area contributed by atoms with E-state index in [-0.39, 0.29) is 5.69 Å². The molecule has 0 aliphatic heterocycles. The number of amides is 2. The van der Waals surface area contributed by atoms with Crippen LogP contribution < -0.4 is 10.6 Å². The molecule has 0 saturated heterocycles. The van der Waals surface area contributed by atoms with E-state index in [4.69, 9.17) is 0 Å². The Bertz CT molecular complexity index is 906. The molecule has 0 unspecified atom stereocenters. The first-order chi connectivity index (χ1) is 12.9. The minimum Gasteiger partial charge on any atom is -0.325 e. The Hall–Kier alpha value is -2.66. The zero-order valence-electron chi connectivity index (χ0n) is 15.1. The van der Waals surface area contributed by atoms with Gasteiger partial charge in [-0.25, -0.2) is 9.18 Å². The summed E-state index contributed by atoms with van der Waals surface area (Å²) in [5.41, 5.74) is 1.67. The Morgan fingerprint density at radius 1 is 0.926 bits per heavy atom. The van der Waals surface area contributed by atoms with Gasteiger partial charge in [0.1, 0.15) is 0 Å². The Balaban J connectivity index is 1.91. The normalized spacial score (nSPS) is 11.1. The fraction of sp³-hybridized carbons (Fsp3) is 0.136. The zero-order chi connectivity index (χ0) is 19.4. The van der Waals surface area contributed by atoms with Gasteiger partial charge in [0, 0.05) is 10.0 Å². The van der Waals surface area contributed by atoms with Gasteiger partial charge in [0.05, 0.1) is 11.2 Å². The van der Waals surface area contributed by atoms with Crippen molar-refractivity contribution in [1.82, 2.24) is 5.32 Å². The third-order valence-electron chi connectivity index (χ3n) is 4.63. The predicted molar refractivity (Wildman–Crippen MR) is 110 cm³/mol. The van der Waals surface area contributed by atoms with Gasteiger partial charge < -0.3 is 10.6 Å². The number of halogens is 2. The summed E-state index contributed by atoms with van der Waals surface area (Å²) >= 11 is 3.29. The first kappa shape index (κ1) is 19.1. The number of benzene rings is 3. The lowest BCUT2D eigenvalue weighted by atomic mass is 9.85. The van der Waals surface area contributed by atoms with Crippen molar-refractivity contribution < 1.29 is 9.18 Å². The first-order valence-corrected chi connectivity index (χ1v) is 9.36. The Morgan fingerprint density at radius 2 is 1.44 bits per heavy atom. The average Bonchev–Trinajstić information content (AvgIpc) is 2.69. The molecule has 0 aliphatic rings. The van der Waals surface area contributed by atoms with Crippen molar-refractivity contribution >= 4 is 27.6 Å². The second-order valence-corrected chi connectivity index (χ2v) is 7.32. The fourth-order valence-corrected chi connectivity index (χ4v) is 3.30. The molecule has 3 aromatic rings. The summed E-state index contributed by atoms with van der Waals surface area (Å²) in [6.07, 6.45) is 0. The van der Waals surface area contributed by atoms with Crippen molar-refractivity contribution in [3.8, 4) is 0 Å². The molecule has 0 bridgehead atoms. The first-order valence-electron chi connectivity index (χ1n) is 8.56. The monoisotopic (exact) mass is 426 g/mol. The lowest BCUT2D eigenvalue weighted by Crippen LogP contribution is -2.46. The number of rotatable bonds is 4. The van der Waals surface area contributed by atoms with Crippen LogP contribution in [0.1, 0.15) is 23.6 Å². The summed E-state index contributed by atoms with van der Waals surface area (Å²) in [5.74, 6) is -0.458. The molecule has 0 radical (unpaired) electrons. The molecule has 0 fully saturated rings. The van der Waals surface area contributed by atoms with E-state index in [1.807, 2.05) is 67.6 Å². The standard InChI is InChI=1S/C22H20BrFN2O/c1-15-18(23)13-14-19(20(15)24)25-21(27)26-22(2,16-9-5-3-6-10-16)17-11-7-4-8-12-17/h3-14H,1-2H3,(H2,25,26,27). The van der Waals surface area contributed by atoms with Crippen LogP contribution in [0.15, 0.2) is 77.3 Å². The molecule has 2 N–H and O–H groups in total. The lowest BCUT2D eigenvalue weighted by Gasteiger charge is -2.32. The number of urea groups is 1. The molecule has 2 amide bonds. The number of hydrogen-bond donors (Lipinski definition) is 2. The molecule has 0 saturated carbocycles. The number of carbonyl (C=O) groups excluding carboxylic acids is 1. The maximum atomic E-state index is 14.4. The highest BCUT2D eigenvalue weighted by atomic mass is 79.9. The van der Waals surface area contributed by atoms with Crippen LogP contribution in [-0.2, 0) is 5.54 Å². The highest BCUT2D eigenvalue weighted by molar-refractivity contribution is 9.10. The van der Waals surface area contributed by atoms with Gasteiger partial charge in [0.15, 0.2) is 5.82 Å². The smallest absolute Gasteiger partial charge is 0.320 e. The molecule has 3 aromatic carbocycles. The minimum absolute atomic E-state index is 0.136. The molecule has 0 aromatic heterocycles. The molecule has 3 nitrogen and oxygen atoms in total. The van der Waals surface area contributed by atoms with Gasteiger partial charge in [-0.1, -0.05) is 76.6 Å². The predicted octanol–water partition coefficient (Wildman–Crippen LogP) is 5.98. The van der Waals surface area contributed by atoms with Gasteiger partial charge in [-0.2, -0.15) is 0 Å². The van der Waals surface area contributed by atoms with Crippen molar-refractivity contribution in [3.05, 3.63) is 99.8 Å². The highest BCUT2D eigenvalue weighted by Gasteiger charge is 2.30. The zero-order valence-corrected chi connectivity index (χ0v) is 16.7. The third-order valence-corrected chi connectivity index (χ3v) is 5.49. The summed E-state index contributed by atoms with van der Waals surface area (Å²) in [6, 6.07) is 22.1. The molecule has 5 heteroatoms. The number of anilines is 1. The molecule has 0 atom stereocenters. The quantitative estimate of drug-likeness (QED) is 0.528. The molecule has 138 valence electrons. The van der Waals surface area contributed by atoms with Crippen molar-refractivity contribution in [3.63, 3.8) is 0 Å². The van der Waals surface area contributed by atoms with Gasteiger partial charge in [-0.15, -0.1) is 0 Å². The summed E-state index contributed by atoms with van der Waals surface area (Å²) in [4.78, 5) is 12.7. The molecular weight excluding hydrogens is 407 g/mol. The number of carbonyl (C=O) groups is 1. The van der Waals surface area contributed by atoms with Crippen LogP contribution in [-0.4, -0.2) is 6.03 Å². The lowest BCUT2D eigenvalue weighted by molar-refractivity contribution is 0.244. The average molecular weight is 427 g/mol. The van der Waals surface area contributed by atoms with E-state index in [0.29, 0.717) is 10.0 Å². The Morgan fingerprint density at radius 3 is 1.96 bits per heavy atom. The van der Waals surface area contributed by atoms with Gasteiger partial charge in [-0.05, 0) is 37.1 Å². The van der Waals surface area contributed by atoms with Crippen LogP contribution in [0, 0.1) is 12.7 Å². The number of hydrogen-bond acceptors (Lipinski definition) is 1. The van der Waals surface area contributed by atoms with E-state index in [1.54, 1.807) is 13.0 Å². The van der Waals surface area contributed by atoms with Crippen molar-refractivity contribution in [2.45, 2.75) is 19.4 Å². The summed E-state index contributed by atoms with van der Waals surface area (Å²) < 4.78 is 15.1. The van der Waals surface area contributed by atoms with Crippen molar-refractivity contribution in [1.29, 1.82) is 0 Å². The minimum atomic E-state index is -0.770. The highest BCUT2D eigenvalue weighted by Crippen LogP contribution is 2.30. The second-order valence-electron chi connectivity index (χ2n) is 6.47. The topological polar surface area (TPSA) is 41.1 Å². The molecule has 27 heavy (non-hydrogen) atoms. The van der Waals surface area contributed by atoms with Crippen LogP contribution in [0.4, 0.5) is 14.9 Å². The summed E-state index contributed by atoms with van der Waals surface area (Å²) in [6.45, 7) is 3.58. The van der Waals surface area contributed by atoms with E-state index in [2.05, 4.69) is 26.6 Å². The van der Waals surface area contributed by atoms with Crippen LogP contribution in [0.2, 0.25) is 0 Å². The Kier molecular flexibility index (Phi) is 5.61. The van der Waals surface area contributed by atoms with E-state index in [1.165, 1.54) is 6.07 Å². The van der Waals surface area contributed by atoms with E-state index < -0.39 is 17.4 Å². The van der Waals surface area contributed by atoms with Crippen molar-refractivity contribution in [2.24, 2.45) is 0 Å². The molecule has 0 heterocycles. The third kappa shape index (κ3) is 4.03.